The molecule has 6 aromatic rings. The van der Waals surface area contributed by atoms with Crippen molar-refractivity contribution in [3.63, 3.8) is 0 Å². The van der Waals surface area contributed by atoms with E-state index in [1.165, 1.54) is 66.7 Å². The molecule has 1 aliphatic carbocycles. The summed E-state index contributed by atoms with van der Waals surface area (Å²) < 4.78 is 11.8. The molecule has 0 saturated carbocycles. The molecule has 0 fully saturated rings. The van der Waals surface area contributed by atoms with E-state index < -0.39 is 5.66 Å². The molecule has 1 atom stereocenters. The van der Waals surface area contributed by atoms with Crippen LogP contribution in [0.15, 0.2) is 95.7 Å². The molecule has 0 saturated heterocycles. The van der Waals surface area contributed by atoms with Gasteiger partial charge >= 0.3 is 5.66 Å². The van der Waals surface area contributed by atoms with E-state index in [0.717, 1.165) is 17.6 Å². The number of fused-ring (bicyclic) bond motifs is 16. The van der Waals surface area contributed by atoms with Gasteiger partial charge in [-0.15, -0.1) is 9.13 Å². The molecule has 0 bridgehead atoms. The highest BCUT2D eigenvalue weighted by atomic mass is 16.3. The van der Waals surface area contributed by atoms with E-state index in [-0.39, 0.29) is 0 Å². The minimum atomic E-state index is -0.509. The third-order valence-corrected chi connectivity index (χ3v) is 8.89. The number of nitrogens with zero attached hydrogens (tertiary/aromatic N) is 2. The Labute approximate surface area is 214 Å². The van der Waals surface area contributed by atoms with Crippen molar-refractivity contribution in [3.8, 4) is 22.5 Å². The maximum Gasteiger partial charge on any atom is 0.417 e. The molecule has 1 spiro atoms. The fraction of sp³-hybridized carbons (Fsp3) is 0.118. The van der Waals surface area contributed by atoms with Crippen molar-refractivity contribution in [2.45, 2.75) is 25.9 Å². The Kier molecular flexibility index (Phi) is 3.42. The van der Waals surface area contributed by atoms with Gasteiger partial charge in [0.05, 0.1) is 5.56 Å². The van der Waals surface area contributed by atoms with E-state index in [9.17, 15) is 0 Å². The smallest absolute Gasteiger partial charge is 0.417 e. The van der Waals surface area contributed by atoms with E-state index in [1.54, 1.807) is 0 Å². The maximum atomic E-state index is 6.87. The predicted octanol–water partition coefficient (Wildman–Crippen LogP) is 6.61. The molecule has 0 radical (unpaired) electrons. The third-order valence-electron chi connectivity index (χ3n) is 8.89. The highest BCUT2D eigenvalue weighted by Crippen LogP contribution is 2.50. The lowest BCUT2D eigenvalue weighted by molar-refractivity contribution is -0.955. The quantitative estimate of drug-likeness (QED) is 0.226. The summed E-state index contributed by atoms with van der Waals surface area (Å²) in [5.74, 6) is 0. The first kappa shape index (κ1) is 19.7. The van der Waals surface area contributed by atoms with Crippen molar-refractivity contribution < 1.29 is 13.6 Å². The highest BCUT2D eigenvalue weighted by Gasteiger charge is 2.67. The van der Waals surface area contributed by atoms with Gasteiger partial charge in [-0.25, -0.2) is 0 Å². The first-order chi connectivity index (χ1) is 18.2. The van der Waals surface area contributed by atoms with Crippen molar-refractivity contribution in [2.24, 2.45) is 0 Å². The summed E-state index contributed by atoms with van der Waals surface area (Å²) in [6, 6.07) is 26.9. The molecule has 3 aromatic heterocycles. The van der Waals surface area contributed by atoms with Gasteiger partial charge in [0.2, 0.25) is 11.4 Å². The molecule has 9 rings (SSSR count). The number of hydrogen-bond acceptors (Lipinski definition) is 1. The van der Waals surface area contributed by atoms with Crippen LogP contribution in [0.25, 0.3) is 50.5 Å². The van der Waals surface area contributed by atoms with Crippen LogP contribution < -0.4 is 9.13 Å². The van der Waals surface area contributed by atoms with Gasteiger partial charge in [-0.2, -0.15) is 0 Å². The number of aryl methyl sites for hydroxylation is 2. The van der Waals surface area contributed by atoms with Crippen LogP contribution >= 0.6 is 0 Å². The lowest BCUT2D eigenvalue weighted by Crippen LogP contribution is -2.71. The second-order valence-corrected chi connectivity index (χ2v) is 10.7. The fourth-order valence-corrected chi connectivity index (χ4v) is 7.12. The van der Waals surface area contributed by atoms with Gasteiger partial charge in [-0.1, -0.05) is 36.4 Å². The van der Waals surface area contributed by atoms with E-state index in [1.807, 2.05) is 0 Å². The molecule has 37 heavy (non-hydrogen) atoms. The SMILES string of the molecule is Cc1cc2[n+](cc1C)C1(c3ccccc3-c3cccc[n+]31)c1ccc3c(oc4c5c(ccc43)CC=C5)c1-2. The summed E-state index contributed by atoms with van der Waals surface area (Å²) in [6.07, 6.45) is 10.0. The van der Waals surface area contributed by atoms with Crippen LogP contribution in [0.3, 0.4) is 0 Å². The molecule has 5 heterocycles. The van der Waals surface area contributed by atoms with Gasteiger partial charge in [0.25, 0.3) is 0 Å². The second kappa shape index (κ2) is 6.43. The Bertz CT molecular complexity index is 2000. The highest BCUT2D eigenvalue weighted by molar-refractivity contribution is 6.12. The van der Waals surface area contributed by atoms with Crippen molar-refractivity contribution in [1.82, 2.24) is 0 Å². The molecule has 3 aromatic carbocycles. The molecule has 3 heteroatoms. The van der Waals surface area contributed by atoms with Crippen LogP contribution in [0.5, 0.6) is 0 Å². The number of allylic oxidation sites excluding steroid dienone is 1. The van der Waals surface area contributed by atoms with Crippen LogP contribution in [0.1, 0.15) is 33.4 Å². The Morgan fingerprint density at radius 3 is 2.54 bits per heavy atom. The number of furan rings is 1. The van der Waals surface area contributed by atoms with Crippen LogP contribution in [-0.2, 0) is 12.1 Å². The van der Waals surface area contributed by atoms with E-state index in [2.05, 4.69) is 120 Å². The Hall–Kier alpha value is -4.50. The predicted molar refractivity (Wildman–Crippen MR) is 145 cm³/mol. The van der Waals surface area contributed by atoms with Gasteiger partial charge in [-0.05, 0) is 61.7 Å². The molecule has 3 nitrogen and oxygen atoms in total. The zero-order valence-electron chi connectivity index (χ0n) is 20.7. The largest absolute Gasteiger partial charge is 0.454 e. The third kappa shape index (κ3) is 2.13. The number of pyridine rings is 2. The van der Waals surface area contributed by atoms with Crippen LogP contribution in [-0.4, -0.2) is 0 Å². The van der Waals surface area contributed by atoms with E-state index >= 15 is 0 Å². The molecule has 3 aliphatic rings. The number of hydrogen-bond donors (Lipinski definition) is 0. The number of benzene rings is 3. The van der Waals surface area contributed by atoms with Gasteiger partial charge in [0.15, 0.2) is 12.4 Å². The number of aromatic nitrogens is 2. The minimum absolute atomic E-state index is 0.509. The normalized spacial score (nSPS) is 17.9. The average molecular weight is 477 g/mol. The molecular weight excluding hydrogens is 452 g/mol. The topological polar surface area (TPSA) is 20.9 Å². The number of rotatable bonds is 0. The van der Waals surface area contributed by atoms with Crippen molar-refractivity contribution in [3.05, 3.63) is 125 Å². The molecule has 1 unspecified atom stereocenters. The molecule has 2 aliphatic heterocycles. The maximum absolute atomic E-state index is 6.87. The summed E-state index contributed by atoms with van der Waals surface area (Å²) >= 11 is 0. The van der Waals surface area contributed by atoms with E-state index in [0.29, 0.717) is 0 Å². The first-order valence-electron chi connectivity index (χ1n) is 13.0. The fourth-order valence-electron chi connectivity index (χ4n) is 7.12. The lowest BCUT2D eigenvalue weighted by Gasteiger charge is -2.17. The summed E-state index contributed by atoms with van der Waals surface area (Å²) in [5, 5.41) is 2.38. The monoisotopic (exact) mass is 476 g/mol. The molecular formula is C34H24N2O+2. The summed E-state index contributed by atoms with van der Waals surface area (Å²) in [7, 11) is 0. The Balaban J connectivity index is 1.51. The van der Waals surface area contributed by atoms with Crippen LogP contribution in [0.2, 0.25) is 0 Å². The molecule has 0 N–H and O–H groups in total. The summed E-state index contributed by atoms with van der Waals surface area (Å²) in [5.41, 5.74) is 14.1. The van der Waals surface area contributed by atoms with Crippen molar-refractivity contribution in [2.75, 3.05) is 0 Å². The van der Waals surface area contributed by atoms with Crippen LogP contribution in [0, 0.1) is 13.8 Å². The van der Waals surface area contributed by atoms with Gasteiger partial charge in [-0.3, -0.25) is 0 Å². The van der Waals surface area contributed by atoms with Crippen LogP contribution in [0.4, 0.5) is 0 Å². The molecule has 174 valence electrons. The standard InChI is InChI=1S/C34H24N2O/c1-20-18-30-31-28(16-15-25-24-14-13-22-8-7-10-23(22)32(24)37-33(25)31)34(36(30)19-21(20)2)27-11-4-3-9-26(27)29-12-5-6-17-35(29)34/h3-7,9-19H,8H2,1-2H3/q+2. The first-order valence-corrected chi connectivity index (χ1v) is 13.0. The lowest BCUT2D eigenvalue weighted by atomic mass is 9.89. The van der Waals surface area contributed by atoms with Gasteiger partial charge in [0, 0.05) is 40.1 Å². The molecule has 0 amide bonds. The van der Waals surface area contributed by atoms with Crippen molar-refractivity contribution >= 4 is 28.0 Å². The minimum Gasteiger partial charge on any atom is -0.454 e. The Morgan fingerprint density at radius 2 is 1.59 bits per heavy atom. The second-order valence-electron chi connectivity index (χ2n) is 10.7. The summed E-state index contributed by atoms with van der Waals surface area (Å²) in [6.45, 7) is 4.42. The zero-order valence-corrected chi connectivity index (χ0v) is 20.7. The van der Waals surface area contributed by atoms with E-state index in [4.69, 9.17) is 4.42 Å². The zero-order chi connectivity index (χ0) is 24.5. The Morgan fingerprint density at radius 1 is 0.757 bits per heavy atom. The van der Waals surface area contributed by atoms with Gasteiger partial charge in [0.1, 0.15) is 27.9 Å². The van der Waals surface area contributed by atoms with Gasteiger partial charge < -0.3 is 4.42 Å². The van der Waals surface area contributed by atoms with Crippen molar-refractivity contribution in [1.29, 1.82) is 0 Å². The average Bonchev–Trinajstić information content (AvgIpc) is 3.67. The summed E-state index contributed by atoms with van der Waals surface area (Å²) in [4.78, 5) is 0.